The molecule has 1 aliphatic carbocycles. The van der Waals surface area contributed by atoms with Gasteiger partial charge in [-0.3, -0.25) is 0 Å². The van der Waals surface area contributed by atoms with Crippen LogP contribution >= 0.6 is 0 Å². The quantitative estimate of drug-likeness (QED) is 0.928. The smallest absolute Gasteiger partial charge is 0.335 e. The first-order chi connectivity index (χ1) is 10.1. The average molecular weight is 282 g/mol. The van der Waals surface area contributed by atoms with Gasteiger partial charge in [-0.05, 0) is 72.7 Å². The van der Waals surface area contributed by atoms with Crippen LogP contribution in [0, 0.1) is 6.92 Å². The van der Waals surface area contributed by atoms with Crippen LogP contribution in [0.4, 0.5) is 0 Å². The van der Waals surface area contributed by atoms with E-state index in [2.05, 4.69) is 12.1 Å². The number of carboxylic acids is 1. The highest BCUT2D eigenvalue weighted by Crippen LogP contribution is 2.26. The minimum Gasteiger partial charge on any atom is -0.489 e. The summed E-state index contributed by atoms with van der Waals surface area (Å²) in [4.78, 5) is 10.9. The largest absolute Gasteiger partial charge is 0.489 e. The molecule has 3 rings (SSSR count). The predicted molar refractivity (Wildman–Crippen MR) is 80.9 cm³/mol. The summed E-state index contributed by atoms with van der Waals surface area (Å²) in [6.45, 7) is 2.37. The SMILES string of the molecule is Cc1cc(C(=O)O)ccc1COc1ccc2c(c1)CCC2. The van der Waals surface area contributed by atoms with Gasteiger partial charge in [0.05, 0.1) is 5.56 Å². The first-order valence-corrected chi connectivity index (χ1v) is 7.21. The van der Waals surface area contributed by atoms with Gasteiger partial charge < -0.3 is 9.84 Å². The van der Waals surface area contributed by atoms with Crippen molar-refractivity contribution in [1.82, 2.24) is 0 Å². The van der Waals surface area contributed by atoms with Crippen molar-refractivity contribution in [3.05, 3.63) is 64.2 Å². The Kier molecular flexibility index (Phi) is 3.65. The van der Waals surface area contributed by atoms with Crippen LogP contribution in [-0.2, 0) is 19.4 Å². The minimum absolute atomic E-state index is 0.314. The highest BCUT2D eigenvalue weighted by atomic mass is 16.5. The number of benzene rings is 2. The molecule has 2 aromatic rings. The fourth-order valence-corrected chi connectivity index (χ4v) is 2.79. The number of rotatable bonds is 4. The van der Waals surface area contributed by atoms with Gasteiger partial charge in [0.2, 0.25) is 0 Å². The Bertz CT molecular complexity index is 689. The monoisotopic (exact) mass is 282 g/mol. The second kappa shape index (κ2) is 5.60. The van der Waals surface area contributed by atoms with Gasteiger partial charge in [-0.2, -0.15) is 0 Å². The fraction of sp³-hybridized carbons (Fsp3) is 0.278. The zero-order valence-corrected chi connectivity index (χ0v) is 12.1. The van der Waals surface area contributed by atoms with Crippen LogP contribution in [-0.4, -0.2) is 11.1 Å². The highest BCUT2D eigenvalue weighted by molar-refractivity contribution is 5.87. The highest BCUT2D eigenvalue weighted by Gasteiger charge is 2.11. The van der Waals surface area contributed by atoms with Crippen LogP contribution in [0.5, 0.6) is 5.75 Å². The molecule has 1 N–H and O–H groups in total. The lowest BCUT2D eigenvalue weighted by molar-refractivity contribution is 0.0696. The van der Waals surface area contributed by atoms with Crippen LogP contribution in [0.2, 0.25) is 0 Å². The number of aryl methyl sites for hydroxylation is 3. The van der Waals surface area contributed by atoms with Crippen LogP contribution < -0.4 is 4.74 Å². The van der Waals surface area contributed by atoms with Crippen molar-refractivity contribution < 1.29 is 14.6 Å². The molecule has 0 aliphatic heterocycles. The number of hydrogen-bond donors (Lipinski definition) is 1. The summed E-state index contributed by atoms with van der Waals surface area (Å²) in [5.74, 6) is -0.0125. The van der Waals surface area contributed by atoms with E-state index in [1.165, 1.54) is 24.0 Å². The van der Waals surface area contributed by atoms with Crippen molar-refractivity contribution in [2.45, 2.75) is 32.8 Å². The fourth-order valence-electron chi connectivity index (χ4n) is 2.79. The molecule has 0 fully saturated rings. The number of carbonyl (C=O) groups is 1. The summed E-state index contributed by atoms with van der Waals surface area (Å²) >= 11 is 0. The van der Waals surface area contributed by atoms with Crippen molar-refractivity contribution in [2.75, 3.05) is 0 Å². The summed E-state index contributed by atoms with van der Waals surface area (Å²) in [5.41, 5.74) is 5.10. The van der Waals surface area contributed by atoms with Crippen molar-refractivity contribution >= 4 is 5.97 Å². The number of hydrogen-bond acceptors (Lipinski definition) is 2. The van der Waals surface area contributed by atoms with E-state index in [0.29, 0.717) is 12.2 Å². The number of ether oxygens (including phenoxy) is 1. The third-order valence-corrected chi connectivity index (χ3v) is 4.05. The van der Waals surface area contributed by atoms with E-state index in [1.54, 1.807) is 12.1 Å². The maximum Gasteiger partial charge on any atom is 0.335 e. The topological polar surface area (TPSA) is 46.5 Å². The minimum atomic E-state index is -0.899. The molecule has 2 aromatic carbocycles. The average Bonchev–Trinajstić information content (AvgIpc) is 2.93. The van der Waals surface area contributed by atoms with E-state index < -0.39 is 5.97 Å². The maximum absolute atomic E-state index is 10.9. The molecule has 0 saturated carbocycles. The Morgan fingerprint density at radius 2 is 1.95 bits per heavy atom. The predicted octanol–water partition coefficient (Wildman–Crippen LogP) is 3.76. The van der Waals surface area contributed by atoms with Gasteiger partial charge in [-0.15, -0.1) is 0 Å². The Balaban J connectivity index is 1.71. The summed E-state index contributed by atoms with van der Waals surface area (Å²) in [7, 11) is 0. The van der Waals surface area contributed by atoms with Crippen LogP contribution in [0.25, 0.3) is 0 Å². The second-order valence-corrected chi connectivity index (χ2v) is 5.52. The summed E-state index contributed by atoms with van der Waals surface area (Å²) in [6, 6.07) is 11.4. The van der Waals surface area contributed by atoms with E-state index in [0.717, 1.165) is 23.3 Å². The van der Waals surface area contributed by atoms with Gasteiger partial charge in [-0.25, -0.2) is 4.79 Å². The molecule has 0 saturated heterocycles. The third-order valence-electron chi connectivity index (χ3n) is 4.05. The van der Waals surface area contributed by atoms with E-state index in [4.69, 9.17) is 9.84 Å². The third kappa shape index (κ3) is 2.92. The number of carboxylic acid groups (broad SMARTS) is 1. The molecule has 0 atom stereocenters. The summed E-state index contributed by atoms with van der Waals surface area (Å²) in [6.07, 6.45) is 3.54. The first kappa shape index (κ1) is 13.7. The van der Waals surface area contributed by atoms with Crippen molar-refractivity contribution in [2.24, 2.45) is 0 Å². The normalized spacial score (nSPS) is 13.0. The molecule has 0 aromatic heterocycles. The van der Waals surface area contributed by atoms with Crippen LogP contribution in [0.3, 0.4) is 0 Å². The molecule has 0 amide bonds. The van der Waals surface area contributed by atoms with Crippen molar-refractivity contribution in [3.8, 4) is 5.75 Å². The van der Waals surface area contributed by atoms with Gasteiger partial charge in [0.25, 0.3) is 0 Å². The van der Waals surface area contributed by atoms with Crippen LogP contribution in [0.1, 0.15) is 39.0 Å². The molecule has 0 radical (unpaired) electrons. The van der Waals surface area contributed by atoms with E-state index in [9.17, 15) is 4.79 Å². The number of aromatic carboxylic acids is 1. The van der Waals surface area contributed by atoms with E-state index in [-0.39, 0.29) is 0 Å². The summed E-state index contributed by atoms with van der Waals surface area (Å²) < 4.78 is 5.85. The van der Waals surface area contributed by atoms with Crippen molar-refractivity contribution in [1.29, 1.82) is 0 Å². The van der Waals surface area contributed by atoms with Gasteiger partial charge in [0.15, 0.2) is 0 Å². The Hall–Kier alpha value is -2.29. The molecule has 0 unspecified atom stereocenters. The lowest BCUT2D eigenvalue weighted by atomic mass is 10.1. The maximum atomic E-state index is 10.9. The molecular weight excluding hydrogens is 264 g/mol. The number of fused-ring (bicyclic) bond motifs is 1. The lowest BCUT2D eigenvalue weighted by Gasteiger charge is -2.10. The summed E-state index contributed by atoms with van der Waals surface area (Å²) in [5, 5.41) is 8.97. The van der Waals surface area contributed by atoms with Gasteiger partial charge in [0.1, 0.15) is 12.4 Å². The molecule has 0 spiro atoms. The Morgan fingerprint density at radius 1 is 1.14 bits per heavy atom. The van der Waals surface area contributed by atoms with Crippen molar-refractivity contribution in [3.63, 3.8) is 0 Å². The molecular formula is C18H18O3. The molecule has 3 heteroatoms. The zero-order valence-electron chi connectivity index (χ0n) is 12.1. The second-order valence-electron chi connectivity index (χ2n) is 5.52. The molecule has 0 heterocycles. The molecule has 0 bridgehead atoms. The van der Waals surface area contributed by atoms with E-state index >= 15 is 0 Å². The first-order valence-electron chi connectivity index (χ1n) is 7.21. The van der Waals surface area contributed by atoms with Gasteiger partial charge >= 0.3 is 5.97 Å². The molecule has 3 nitrogen and oxygen atoms in total. The van der Waals surface area contributed by atoms with E-state index in [1.807, 2.05) is 19.1 Å². The van der Waals surface area contributed by atoms with Crippen LogP contribution in [0.15, 0.2) is 36.4 Å². The molecule has 1 aliphatic rings. The molecule has 108 valence electrons. The van der Waals surface area contributed by atoms with Gasteiger partial charge in [-0.1, -0.05) is 12.1 Å². The standard InChI is InChI=1S/C18H18O3/c1-12-9-15(18(19)20)5-6-16(12)11-21-17-8-7-13-3-2-4-14(13)10-17/h5-10H,2-4,11H2,1H3,(H,19,20). The van der Waals surface area contributed by atoms with Gasteiger partial charge in [0, 0.05) is 0 Å². The Morgan fingerprint density at radius 3 is 2.71 bits per heavy atom. The zero-order chi connectivity index (χ0) is 14.8. The Labute approximate surface area is 124 Å². The lowest BCUT2D eigenvalue weighted by Crippen LogP contribution is -2.02. The molecule has 21 heavy (non-hydrogen) atoms.